The summed E-state index contributed by atoms with van der Waals surface area (Å²) in [6.45, 7) is 16.9. The summed E-state index contributed by atoms with van der Waals surface area (Å²) in [6, 6.07) is 3.30. The van der Waals surface area contributed by atoms with E-state index in [1.165, 1.54) is 5.57 Å². The molecule has 1 aliphatic carbocycles. The second-order valence-corrected chi connectivity index (χ2v) is 7.05. The van der Waals surface area contributed by atoms with Gasteiger partial charge in [-0.15, -0.1) is 6.58 Å². The van der Waals surface area contributed by atoms with E-state index in [9.17, 15) is 4.79 Å². The Morgan fingerprint density at radius 1 is 1.42 bits per heavy atom. The van der Waals surface area contributed by atoms with Crippen molar-refractivity contribution in [3.63, 3.8) is 0 Å². The monoisotopic (exact) mass is 325 g/mol. The average Bonchev–Trinajstić information content (AvgIpc) is 2.60. The maximum Gasteiger partial charge on any atom is 0.338 e. The van der Waals surface area contributed by atoms with Crippen molar-refractivity contribution in [1.29, 1.82) is 0 Å². The Morgan fingerprint density at radius 2 is 2.08 bits per heavy atom. The van der Waals surface area contributed by atoms with Gasteiger partial charge in [0.25, 0.3) is 0 Å². The number of allylic oxidation sites excluding steroid dienone is 2. The van der Waals surface area contributed by atoms with Crippen molar-refractivity contribution < 1.29 is 9.53 Å². The van der Waals surface area contributed by atoms with E-state index in [0.717, 1.165) is 24.8 Å². The molecule has 3 heteroatoms. The Morgan fingerprint density at radius 3 is 2.67 bits per heavy atom. The molecule has 128 valence electrons. The van der Waals surface area contributed by atoms with Crippen LogP contribution in [0.2, 0.25) is 0 Å². The van der Waals surface area contributed by atoms with Crippen LogP contribution in [0.3, 0.4) is 0 Å². The first-order chi connectivity index (χ1) is 11.4. The molecule has 3 atom stereocenters. The molecule has 1 aromatic rings. The quantitative estimate of drug-likeness (QED) is 0.547. The van der Waals surface area contributed by atoms with Crippen molar-refractivity contribution in [2.45, 2.75) is 33.1 Å². The molecule has 1 aliphatic rings. The predicted octanol–water partition coefficient (Wildman–Crippen LogP) is 4.98. The van der Waals surface area contributed by atoms with Crippen LogP contribution in [0.5, 0.6) is 0 Å². The molecule has 0 aromatic carbocycles. The van der Waals surface area contributed by atoms with Gasteiger partial charge in [-0.3, -0.25) is 4.98 Å². The Hall–Kier alpha value is -2.16. The fourth-order valence-corrected chi connectivity index (χ4v) is 3.49. The van der Waals surface area contributed by atoms with E-state index in [2.05, 4.69) is 38.6 Å². The van der Waals surface area contributed by atoms with Crippen LogP contribution in [0.4, 0.5) is 0 Å². The minimum absolute atomic E-state index is 0.00783. The molecule has 1 fully saturated rings. The zero-order chi connectivity index (χ0) is 17.7. The lowest BCUT2D eigenvalue weighted by atomic mass is 9.61. The minimum Gasteiger partial charge on any atom is -0.458 e. The molecule has 0 unspecified atom stereocenters. The molecule has 2 rings (SSSR count). The molecule has 0 N–H and O–H groups in total. The molecule has 0 aliphatic heterocycles. The largest absolute Gasteiger partial charge is 0.458 e. The molecule has 0 bridgehead atoms. The van der Waals surface area contributed by atoms with E-state index in [4.69, 9.17) is 4.74 Å². The molecule has 1 heterocycles. The van der Waals surface area contributed by atoms with E-state index in [1.54, 1.807) is 24.5 Å². The third kappa shape index (κ3) is 4.02. The van der Waals surface area contributed by atoms with Crippen molar-refractivity contribution >= 4 is 5.97 Å². The third-order valence-corrected chi connectivity index (χ3v) is 5.31. The Kier molecular flexibility index (Phi) is 5.76. The fraction of sp³-hybridized carbons (Fsp3) is 0.429. The van der Waals surface area contributed by atoms with Gasteiger partial charge in [0.05, 0.1) is 5.56 Å². The molecule has 0 radical (unpaired) electrons. The number of carbonyl (C=O) groups is 1. The van der Waals surface area contributed by atoms with Crippen molar-refractivity contribution in [2.75, 3.05) is 6.61 Å². The van der Waals surface area contributed by atoms with Crippen LogP contribution in [0, 0.1) is 17.3 Å². The third-order valence-electron chi connectivity index (χ3n) is 5.31. The summed E-state index contributed by atoms with van der Waals surface area (Å²) >= 11 is 0. The second-order valence-electron chi connectivity index (χ2n) is 7.05. The van der Waals surface area contributed by atoms with Gasteiger partial charge < -0.3 is 4.74 Å². The van der Waals surface area contributed by atoms with Crippen LogP contribution in [0.15, 0.2) is 61.5 Å². The summed E-state index contributed by atoms with van der Waals surface area (Å²) in [4.78, 5) is 16.0. The van der Waals surface area contributed by atoms with Gasteiger partial charge in [-0.1, -0.05) is 31.7 Å². The van der Waals surface area contributed by atoms with Crippen LogP contribution < -0.4 is 0 Å². The fourth-order valence-electron chi connectivity index (χ4n) is 3.49. The van der Waals surface area contributed by atoms with Crippen LogP contribution in [-0.2, 0) is 4.74 Å². The lowest BCUT2D eigenvalue weighted by Gasteiger charge is -2.44. The highest BCUT2D eigenvalue weighted by Gasteiger charge is 2.39. The molecule has 1 aromatic heterocycles. The number of ether oxygens (including phenoxy) is 1. The summed E-state index contributed by atoms with van der Waals surface area (Å²) in [5.41, 5.74) is 2.66. The van der Waals surface area contributed by atoms with Gasteiger partial charge in [-0.2, -0.15) is 0 Å². The molecular weight excluding hydrogens is 298 g/mol. The number of hydrogen-bond donors (Lipinski definition) is 0. The van der Waals surface area contributed by atoms with Crippen molar-refractivity contribution in [3.8, 4) is 0 Å². The highest BCUT2D eigenvalue weighted by molar-refractivity contribution is 5.89. The van der Waals surface area contributed by atoms with E-state index in [1.807, 2.05) is 6.08 Å². The number of rotatable bonds is 6. The lowest BCUT2D eigenvalue weighted by molar-refractivity contribution is 0.0509. The van der Waals surface area contributed by atoms with Gasteiger partial charge in [-0.25, -0.2) is 4.79 Å². The van der Waals surface area contributed by atoms with Crippen molar-refractivity contribution in [2.24, 2.45) is 17.3 Å². The molecule has 0 saturated heterocycles. The smallest absolute Gasteiger partial charge is 0.338 e. The van der Waals surface area contributed by atoms with E-state index >= 15 is 0 Å². The summed E-state index contributed by atoms with van der Waals surface area (Å²) in [5.74, 6) is 0.400. The van der Waals surface area contributed by atoms with Gasteiger partial charge in [0.2, 0.25) is 0 Å². The molecule has 1 saturated carbocycles. The van der Waals surface area contributed by atoms with Crippen LogP contribution >= 0.6 is 0 Å². The highest BCUT2D eigenvalue weighted by Crippen LogP contribution is 2.48. The summed E-state index contributed by atoms with van der Waals surface area (Å²) in [6.07, 6.45) is 8.36. The van der Waals surface area contributed by atoms with Gasteiger partial charge in [0, 0.05) is 12.4 Å². The summed E-state index contributed by atoms with van der Waals surface area (Å²) < 4.78 is 5.45. The zero-order valence-corrected chi connectivity index (χ0v) is 14.8. The first kappa shape index (κ1) is 18.2. The maximum atomic E-state index is 12.1. The van der Waals surface area contributed by atoms with Gasteiger partial charge >= 0.3 is 5.97 Å². The van der Waals surface area contributed by atoms with Crippen molar-refractivity contribution in [3.05, 3.63) is 67.0 Å². The van der Waals surface area contributed by atoms with E-state index in [0.29, 0.717) is 11.5 Å². The summed E-state index contributed by atoms with van der Waals surface area (Å²) in [7, 11) is 0. The normalized spacial score (nSPS) is 26.4. The zero-order valence-electron chi connectivity index (χ0n) is 14.8. The number of carbonyl (C=O) groups excluding carboxylic acids is 1. The number of hydrogen-bond acceptors (Lipinski definition) is 3. The predicted molar refractivity (Wildman–Crippen MR) is 97.6 cm³/mol. The number of aromatic nitrogens is 1. The van der Waals surface area contributed by atoms with Crippen molar-refractivity contribution in [1.82, 2.24) is 4.98 Å². The van der Waals surface area contributed by atoms with Crippen LogP contribution in [0.1, 0.15) is 43.5 Å². The first-order valence-electron chi connectivity index (χ1n) is 8.41. The topological polar surface area (TPSA) is 39.2 Å². The number of esters is 1. The Labute approximate surface area is 145 Å². The van der Waals surface area contributed by atoms with Crippen LogP contribution in [-0.4, -0.2) is 17.6 Å². The molecule has 24 heavy (non-hydrogen) atoms. The second kappa shape index (κ2) is 7.61. The van der Waals surface area contributed by atoms with Gasteiger partial charge in [0.15, 0.2) is 0 Å². The Bertz CT molecular complexity index is 634. The van der Waals surface area contributed by atoms with E-state index < -0.39 is 0 Å². The highest BCUT2D eigenvalue weighted by atomic mass is 16.5. The number of nitrogens with zero attached hydrogens (tertiary/aromatic N) is 1. The molecular formula is C21H27NO2. The van der Waals surface area contributed by atoms with Crippen LogP contribution in [0.25, 0.3) is 0 Å². The molecule has 3 nitrogen and oxygen atoms in total. The minimum atomic E-state index is -0.342. The van der Waals surface area contributed by atoms with E-state index in [-0.39, 0.29) is 23.9 Å². The summed E-state index contributed by atoms with van der Waals surface area (Å²) in [5, 5.41) is 0. The average molecular weight is 325 g/mol. The maximum absolute atomic E-state index is 12.1. The molecule has 0 amide bonds. The molecule has 0 spiro atoms. The SMILES string of the molecule is C=C[C@]1(C)CC[C@@H](C(=C)C)C[C@H]1C(=C)COC(=O)c1ccncc1. The standard InChI is InChI=1S/C21H27NO2/c1-6-21(5)10-7-18(15(2)3)13-19(21)16(4)14-24-20(23)17-8-11-22-12-9-17/h6,8-9,11-12,18-19H,1-2,4,7,10,13-14H2,3,5H3/t18-,19+,21-/m1/s1. The Balaban J connectivity index is 2.04. The first-order valence-corrected chi connectivity index (χ1v) is 8.41. The number of pyridine rings is 1. The van der Waals surface area contributed by atoms with Gasteiger partial charge in [-0.05, 0) is 61.1 Å². The lowest BCUT2D eigenvalue weighted by Crippen LogP contribution is -2.35. The van der Waals surface area contributed by atoms with Gasteiger partial charge in [0.1, 0.15) is 6.61 Å².